The normalized spacial score (nSPS) is 8.83. The Balaban J connectivity index is 0.00000121. The minimum atomic E-state index is -1.27. The van der Waals surface area contributed by atoms with Gasteiger partial charge in [-0.3, -0.25) is 0 Å². The average Bonchev–Trinajstić information content (AvgIpc) is 1.94. The summed E-state index contributed by atoms with van der Waals surface area (Å²) in [4.78, 5) is 10.2. The number of carbonyl (C=O) groups is 1. The first-order chi connectivity index (χ1) is 5.11. The molecule has 0 fully saturated rings. The Kier molecular flexibility index (Phi) is 4.37. The Labute approximate surface area is 89.5 Å². The van der Waals surface area contributed by atoms with Gasteiger partial charge in [-0.05, 0) is 18.2 Å². The summed E-state index contributed by atoms with van der Waals surface area (Å²) in [6.45, 7) is 0. The van der Waals surface area contributed by atoms with Crippen LogP contribution in [0.3, 0.4) is 0 Å². The molecule has 0 saturated heterocycles. The van der Waals surface area contributed by atoms with E-state index in [4.69, 9.17) is 5.11 Å². The Hall–Kier alpha value is -0.450. The second kappa shape index (κ2) is 4.54. The van der Waals surface area contributed by atoms with Crippen molar-refractivity contribution in [2.75, 3.05) is 0 Å². The molecule has 0 saturated carbocycles. The fraction of sp³-hybridized carbons (Fsp3) is 0. The summed E-state index contributed by atoms with van der Waals surface area (Å²) >= 11 is 0. The van der Waals surface area contributed by atoms with E-state index in [0.717, 1.165) is 12.1 Å². The summed E-state index contributed by atoms with van der Waals surface area (Å²) in [5.74, 6) is -3.47. The number of halogens is 2. The average molecular weight is 181 g/mol. The van der Waals surface area contributed by atoms with Gasteiger partial charge in [0.2, 0.25) is 0 Å². The maximum Gasteiger partial charge on any atom is 0.335 e. The van der Waals surface area contributed by atoms with Gasteiger partial charge in [-0.15, -0.1) is 0 Å². The van der Waals surface area contributed by atoms with Crippen LogP contribution < -0.4 is 0 Å². The fourth-order valence-electron chi connectivity index (χ4n) is 0.629. The first-order valence-electron chi connectivity index (χ1n) is 2.79. The minimum absolute atomic E-state index is 0. The first-order valence-corrected chi connectivity index (χ1v) is 2.79. The molecular formula is C7H4F2NaO2. The van der Waals surface area contributed by atoms with E-state index in [1.54, 1.807) is 0 Å². The van der Waals surface area contributed by atoms with Crippen molar-refractivity contribution in [1.29, 1.82) is 0 Å². The molecule has 0 aliphatic heterocycles. The van der Waals surface area contributed by atoms with Crippen LogP contribution >= 0.6 is 0 Å². The van der Waals surface area contributed by atoms with Crippen molar-refractivity contribution in [3.05, 3.63) is 35.4 Å². The Morgan fingerprint density at radius 2 is 1.83 bits per heavy atom. The number of rotatable bonds is 1. The molecule has 0 heterocycles. The zero-order chi connectivity index (χ0) is 8.43. The van der Waals surface area contributed by atoms with Crippen LogP contribution in [0, 0.1) is 11.6 Å². The van der Waals surface area contributed by atoms with Gasteiger partial charge in [-0.25, -0.2) is 13.6 Å². The SMILES string of the molecule is O=C(O)c1ccc(F)c(F)c1.[Na]. The third kappa shape index (κ3) is 2.55. The van der Waals surface area contributed by atoms with Gasteiger partial charge >= 0.3 is 5.97 Å². The maximum absolute atomic E-state index is 12.3. The molecule has 0 spiro atoms. The van der Waals surface area contributed by atoms with Gasteiger partial charge in [0, 0.05) is 29.6 Å². The molecule has 0 unspecified atom stereocenters. The van der Waals surface area contributed by atoms with Gasteiger partial charge in [0.05, 0.1) is 5.56 Å². The molecule has 1 rings (SSSR count). The van der Waals surface area contributed by atoms with Crippen LogP contribution in [0.4, 0.5) is 8.78 Å². The third-order valence-electron chi connectivity index (χ3n) is 1.17. The fourth-order valence-corrected chi connectivity index (χ4v) is 0.629. The molecule has 1 aromatic carbocycles. The van der Waals surface area contributed by atoms with Gasteiger partial charge in [-0.1, -0.05) is 0 Å². The van der Waals surface area contributed by atoms with E-state index in [1.807, 2.05) is 0 Å². The Morgan fingerprint density at radius 3 is 2.25 bits per heavy atom. The number of carboxylic acid groups (broad SMARTS) is 1. The van der Waals surface area contributed by atoms with Gasteiger partial charge < -0.3 is 5.11 Å². The van der Waals surface area contributed by atoms with Crippen molar-refractivity contribution in [1.82, 2.24) is 0 Å². The van der Waals surface area contributed by atoms with Crippen LogP contribution in [0.1, 0.15) is 10.4 Å². The predicted octanol–water partition coefficient (Wildman–Crippen LogP) is 1.28. The van der Waals surface area contributed by atoms with E-state index >= 15 is 0 Å². The van der Waals surface area contributed by atoms with Gasteiger partial charge in [0.25, 0.3) is 0 Å². The molecule has 0 aliphatic carbocycles. The molecule has 0 bridgehead atoms. The molecule has 1 radical (unpaired) electrons. The van der Waals surface area contributed by atoms with Gasteiger partial charge in [0.15, 0.2) is 11.6 Å². The number of hydrogen-bond donors (Lipinski definition) is 1. The van der Waals surface area contributed by atoms with Gasteiger partial charge in [0.1, 0.15) is 0 Å². The maximum atomic E-state index is 12.3. The monoisotopic (exact) mass is 181 g/mol. The molecule has 1 N–H and O–H groups in total. The third-order valence-corrected chi connectivity index (χ3v) is 1.17. The number of carboxylic acids is 1. The molecule has 1 aromatic rings. The standard InChI is InChI=1S/C7H4F2O2.Na/c8-5-2-1-4(7(10)11)3-6(5)9;/h1-3H,(H,10,11);. The zero-order valence-electron chi connectivity index (χ0n) is 6.34. The molecule has 0 aliphatic rings. The van der Waals surface area contributed by atoms with Crippen LogP contribution in [-0.2, 0) is 0 Å². The summed E-state index contributed by atoms with van der Waals surface area (Å²) in [6, 6.07) is 2.41. The van der Waals surface area contributed by atoms with Crippen LogP contribution in [0.2, 0.25) is 0 Å². The largest absolute Gasteiger partial charge is 0.478 e. The molecule has 0 aromatic heterocycles. The second-order valence-electron chi connectivity index (χ2n) is 1.93. The predicted molar refractivity (Wildman–Crippen MR) is 39.1 cm³/mol. The number of hydrogen-bond acceptors (Lipinski definition) is 1. The summed E-state index contributed by atoms with van der Waals surface area (Å²) < 4.78 is 24.5. The number of aromatic carboxylic acids is 1. The molecular weight excluding hydrogens is 177 g/mol. The topological polar surface area (TPSA) is 37.3 Å². The summed E-state index contributed by atoms with van der Waals surface area (Å²) in [6.07, 6.45) is 0. The summed E-state index contributed by atoms with van der Waals surface area (Å²) in [7, 11) is 0. The van der Waals surface area contributed by atoms with Crippen LogP contribution in [-0.4, -0.2) is 40.6 Å². The van der Waals surface area contributed by atoms with Crippen molar-refractivity contribution in [3.63, 3.8) is 0 Å². The Bertz CT molecular complexity index is 301. The van der Waals surface area contributed by atoms with E-state index in [9.17, 15) is 13.6 Å². The van der Waals surface area contributed by atoms with E-state index in [0.29, 0.717) is 6.07 Å². The van der Waals surface area contributed by atoms with Crippen molar-refractivity contribution in [2.24, 2.45) is 0 Å². The summed E-state index contributed by atoms with van der Waals surface area (Å²) in [5, 5.41) is 8.31. The number of benzene rings is 1. The van der Waals surface area contributed by atoms with E-state index in [2.05, 4.69) is 0 Å². The van der Waals surface area contributed by atoms with Crippen LogP contribution in [0.5, 0.6) is 0 Å². The minimum Gasteiger partial charge on any atom is -0.478 e. The molecule has 12 heavy (non-hydrogen) atoms. The van der Waals surface area contributed by atoms with E-state index < -0.39 is 17.6 Å². The van der Waals surface area contributed by atoms with Crippen molar-refractivity contribution in [3.8, 4) is 0 Å². The second-order valence-corrected chi connectivity index (χ2v) is 1.93. The molecule has 59 valence electrons. The quantitative estimate of drug-likeness (QED) is 0.662. The Morgan fingerprint density at radius 1 is 1.25 bits per heavy atom. The van der Waals surface area contributed by atoms with Crippen LogP contribution in [0.15, 0.2) is 18.2 Å². The molecule has 5 heteroatoms. The van der Waals surface area contributed by atoms with Gasteiger partial charge in [-0.2, -0.15) is 0 Å². The smallest absolute Gasteiger partial charge is 0.335 e. The van der Waals surface area contributed by atoms with E-state index in [1.165, 1.54) is 0 Å². The molecule has 0 atom stereocenters. The van der Waals surface area contributed by atoms with Crippen molar-refractivity contribution < 1.29 is 18.7 Å². The van der Waals surface area contributed by atoms with Crippen molar-refractivity contribution in [2.45, 2.75) is 0 Å². The van der Waals surface area contributed by atoms with E-state index in [-0.39, 0.29) is 35.1 Å². The zero-order valence-corrected chi connectivity index (χ0v) is 8.34. The van der Waals surface area contributed by atoms with Crippen LogP contribution in [0.25, 0.3) is 0 Å². The summed E-state index contributed by atoms with van der Waals surface area (Å²) in [5.41, 5.74) is -0.260. The first kappa shape index (κ1) is 11.6. The molecule has 0 amide bonds. The van der Waals surface area contributed by atoms with Crippen molar-refractivity contribution >= 4 is 35.5 Å². The molecule has 2 nitrogen and oxygen atoms in total.